The third-order valence-corrected chi connectivity index (χ3v) is 1.54. The molecule has 0 aliphatic rings. The van der Waals surface area contributed by atoms with Crippen LogP contribution in [-0.2, 0) is 9.53 Å². The fraction of sp³-hybridized carbons (Fsp3) is 0.222. The van der Waals surface area contributed by atoms with Gasteiger partial charge in [-0.15, -0.1) is 0 Å². The van der Waals surface area contributed by atoms with Crippen molar-refractivity contribution in [3.8, 4) is 0 Å². The van der Waals surface area contributed by atoms with Crippen LogP contribution in [0.15, 0.2) is 24.3 Å². The van der Waals surface area contributed by atoms with E-state index in [0.717, 1.165) is 0 Å². The van der Waals surface area contributed by atoms with Crippen molar-refractivity contribution in [3.63, 3.8) is 0 Å². The maximum Gasteiger partial charge on any atom is 0.418 e. The lowest BCUT2D eigenvalue weighted by Crippen LogP contribution is -1.97. The molecule has 63 valence electrons. The Balaban J connectivity index is 2.80. The standard InChI is InChI=1S/C9H8FO2/c1-7(12-6-11)8-3-2-4-9(10)5-8/h2-5,7H,1H3. The Morgan fingerprint density at radius 2 is 2.33 bits per heavy atom. The van der Waals surface area contributed by atoms with E-state index in [1.807, 2.05) is 0 Å². The molecule has 1 rings (SSSR count). The van der Waals surface area contributed by atoms with Crippen LogP contribution in [0.25, 0.3) is 0 Å². The number of rotatable bonds is 3. The zero-order chi connectivity index (χ0) is 8.97. The van der Waals surface area contributed by atoms with Crippen molar-refractivity contribution in [1.82, 2.24) is 0 Å². The molecule has 2 nitrogen and oxygen atoms in total. The highest BCUT2D eigenvalue weighted by Crippen LogP contribution is 2.15. The molecule has 1 atom stereocenters. The zero-order valence-corrected chi connectivity index (χ0v) is 6.58. The Kier molecular flexibility index (Phi) is 2.80. The van der Waals surface area contributed by atoms with E-state index in [1.54, 1.807) is 19.1 Å². The summed E-state index contributed by atoms with van der Waals surface area (Å²) in [5.41, 5.74) is 0.623. The van der Waals surface area contributed by atoms with Gasteiger partial charge in [-0.25, -0.2) is 9.18 Å². The highest BCUT2D eigenvalue weighted by Gasteiger charge is 2.05. The Labute approximate surface area is 70.0 Å². The number of benzene rings is 1. The molecule has 1 aromatic rings. The summed E-state index contributed by atoms with van der Waals surface area (Å²) in [5, 5.41) is 0. The summed E-state index contributed by atoms with van der Waals surface area (Å²) in [5.74, 6) is -0.339. The molecule has 0 aliphatic carbocycles. The molecule has 0 bridgehead atoms. The van der Waals surface area contributed by atoms with Gasteiger partial charge in [-0.3, -0.25) is 0 Å². The summed E-state index contributed by atoms with van der Waals surface area (Å²) in [4.78, 5) is 9.83. The topological polar surface area (TPSA) is 26.3 Å². The van der Waals surface area contributed by atoms with Crippen molar-refractivity contribution in [2.75, 3.05) is 0 Å². The first-order chi connectivity index (χ1) is 5.74. The smallest absolute Gasteiger partial charge is 0.418 e. The second-order valence-corrected chi connectivity index (χ2v) is 2.40. The number of carbonyl (C=O) groups excluding carboxylic acids is 1. The summed E-state index contributed by atoms with van der Waals surface area (Å²) >= 11 is 0. The SMILES string of the molecule is CC(O[C]=O)c1cccc(F)c1. The molecular formula is C9H8FO2. The van der Waals surface area contributed by atoms with E-state index in [9.17, 15) is 9.18 Å². The number of hydrogen-bond acceptors (Lipinski definition) is 2. The van der Waals surface area contributed by atoms with Gasteiger partial charge >= 0.3 is 6.47 Å². The summed E-state index contributed by atoms with van der Waals surface area (Å²) in [6, 6.07) is 5.91. The van der Waals surface area contributed by atoms with Crippen LogP contribution in [0.2, 0.25) is 0 Å². The molecule has 1 unspecified atom stereocenters. The minimum absolute atomic E-state index is 0.339. The molecule has 1 radical (unpaired) electrons. The molecular weight excluding hydrogens is 159 g/mol. The van der Waals surface area contributed by atoms with Gasteiger partial charge in [-0.1, -0.05) is 12.1 Å². The van der Waals surface area contributed by atoms with Crippen molar-refractivity contribution in [3.05, 3.63) is 35.6 Å². The Hall–Kier alpha value is -1.38. The minimum Gasteiger partial charge on any atom is -0.449 e. The highest BCUT2D eigenvalue weighted by molar-refractivity contribution is 5.39. The van der Waals surface area contributed by atoms with Gasteiger partial charge in [0.2, 0.25) is 0 Å². The average molecular weight is 167 g/mol. The van der Waals surface area contributed by atoms with Gasteiger partial charge in [0.25, 0.3) is 0 Å². The first-order valence-corrected chi connectivity index (χ1v) is 3.52. The summed E-state index contributed by atoms with van der Waals surface area (Å²) in [7, 11) is 0. The van der Waals surface area contributed by atoms with Gasteiger partial charge in [0.05, 0.1) is 0 Å². The van der Waals surface area contributed by atoms with E-state index < -0.39 is 6.10 Å². The summed E-state index contributed by atoms with van der Waals surface area (Å²) in [6.07, 6.45) is -0.446. The quantitative estimate of drug-likeness (QED) is 0.687. The van der Waals surface area contributed by atoms with Crippen molar-refractivity contribution in [2.45, 2.75) is 13.0 Å². The highest BCUT2D eigenvalue weighted by atomic mass is 19.1. The maximum absolute atomic E-state index is 12.6. The van der Waals surface area contributed by atoms with E-state index in [1.165, 1.54) is 18.6 Å². The molecule has 0 N–H and O–H groups in total. The molecule has 0 saturated heterocycles. The van der Waals surface area contributed by atoms with Crippen LogP contribution in [0.1, 0.15) is 18.6 Å². The van der Waals surface area contributed by atoms with Crippen LogP contribution in [0.4, 0.5) is 4.39 Å². The number of hydrogen-bond donors (Lipinski definition) is 0. The molecule has 0 heterocycles. The van der Waals surface area contributed by atoms with Crippen LogP contribution >= 0.6 is 0 Å². The Morgan fingerprint density at radius 3 is 2.92 bits per heavy atom. The Bertz CT molecular complexity index is 273. The molecule has 0 spiro atoms. The maximum atomic E-state index is 12.6. The first kappa shape index (κ1) is 8.71. The molecule has 0 aliphatic heterocycles. The second kappa shape index (κ2) is 3.85. The van der Waals surface area contributed by atoms with Gasteiger partial charge in [0.15, 0.2) is 0 Å². The minimum atomic E-state index is -0.446. The summed E-state index contributed by atoms with van der Waals surface area (Å²) < 4.78 is 17.1. The van der Waals surface area contributed by atoms with Crippen molar-refractivity contribution in [1.29, 1.82) is 0 Å². The van der Waals surface area contributed by atoms with Crippen LogP contribution in [0.5, 0.6) is 0 Å². The molecule has 0 fully saturated rings. The van der Waals surface area contributed by atoms with Crippen LogP contribution in [0, 0.1) is 5.82 Å². The lowest BCUT2D eigenvalue weighted by Gasteiger charge is -2.07. The van der Waals surface area contributed by atoms with Gasteiger partial charge in [0.1, 0.15) is 11.9 Å². The third-order valence-electron chi connectivity index (χ3n) is 1.54. The zero-order valence-electron chi connectivity index (χ0n) is 6.58. The average Bonchev–Trinajstić information content (AvgIpc) is 2.05. The second-order valence-electron chi connectivity index (χ2n) is 2.40. The molecule has 0 amide bonds. The lowest BCUT2D eigenvalue weighted by molar-refractivity contribution is 0.197. The largest absolute Gasteiger partial charge is 0.449 e. The third kappa shape index (κ3) is 2.05. The van der Waals surface area contributed by atoms with E-state index >= 15 is 0 Å². The van der Waals surface area contributed by atoms with Gasteiger partial charge in [0, 0.05) is 0 Å². The van der Waals surface area contributed by atoms with Crippen LogP contribution in [-0.4, -0.2) is 6.47 Å². The monoisotopic (exact) mass is 167 g/mol. The molecule has 12 heavy (non-hydrogen) atoms. The fourth-order valence-corrected chi connectivity index (χ4v) is 0.900. The van der Waals surface area contributed by atoms with Crippen molar-refractivity contribution in [2.24, 2.45) is 0 Å². The normalized spacial score (nSPS) is 12.2. The van der Waals surface area contributed by atoms with Gasteiger partial charge in [-0.05, 0) is 24.6 Å². The van der Waals surface area contributed by atoms with E-state index in [4.69, 9.17) is 0 Å². The van der Waals surface area contributed by atoms with E-state index in [-0.39, 0.29) is 5.82 Å². The molecule has 0 saturated carbocycles. The van der Waals surface area contributed by atoms with Crippen LogP contribution < -0.4 is 0 Å². The molecule has 0 aromatic heterocycles. The van der Waals surface area contributed by atoms with Crippen molar-refractivity contribution < 1.29 is 13.9 Å². The Morgan fingerprint density at radius 1 is 1.58 bits per heavy atom. The van der Waals surface area contributed by atoms with E-state index in [0.29, 0.717) is 5.56 Å². The molecule has 3 heteroatoms. The van der Waals surface area contributed by atoms with Crippen molar-refractivity contribution >= 4 is 6.47 Å². The fourth-order valence-electron chi connectivity index (χ4n) is 0.900. The van der Waals surface area contributed by atoms with Gasteiger partial charge < -0.3 is 4.74 Å². The lowest BCUT2D eigenvalue weighted by atomic mass is 10.1. The number of ether oxygens (including phenoxy) is 1. The predicted octanol–water partition coefficient (Wildman–Crippen LogP) is 1.97. The summed E-state index contributed by atoms with van der Waals surface area (Å²) in [6.45, 7) is 2.97. The molecule has 1 aromatic carbocycles. The van der Waals surface area contributed by atoms with Gasteiger partial charge in [-0.2, -0.15) is 0 Å². The van der Waals surface area contributed by atoms with E-state index in [2.05, 4.69) is 4.74 Å². The number of halogens is 1. The van der Waals surface area contributed by atoms with Crippen LogP contribution in [0.3, 0.4) is 0 Å². The predicted molar refractivity (Wildman–Crippen MR) is 41.6 cm³/mol. The first-order valence-electron chi connectivity index (χ1n) is 3.52.